The molecule has 1 heterocycles. The van der Waals surface area contributed by atoms with Crippen LogP contribution in [0.4, 0.5) is 5.69 Å². The molecule has 0 saturated carbocycles. The van der Waals surface area contributed by atoms with E-state index in [1.165, 1.54) is 0 Å². The maximum Gasteiger partial charge on any atom is 0.357 e. The Labute approximate surface area is 193 Å². The summed E-state index contributed by atoms with van der Waals surface area (Å²) in [6.07, 6.45) is 0. The number of carbonyl (C=O) groups is 1. The fourth-order valence-electron chi connectivity index (χ4n) is 4.23. The number of hydroxylamine groups is 1. The highest BCUT2D eigenvalue weighted by atomic mass is 16.7. The fourth-order valence-corrected chi connectivity index (χ4v) is 4.23. The Balaban J connectivity index is 2.15. The molecule has 4 rings (SSSR count). The molecular formula is C27H29N3O3. The highest BCUT2D eigenvalue weighted by Crippen LogP contribution is 2.42. The molecule has 6 heteroatoms. The molecule has 0 saturated heterocycles. The van der Waals surface area contributed by atoms with Crippen molar-refractivity contribution in [2.75, 3.05) is 25.5 Å². The van der Waals surface area contributed by atoms with E-state index in [0.717, 1.165) is 62.1 Å². The maximum absolute atomic E-state index is 12.8. The number of hydrogen-bond acceptors (Lipinski definition) is 6. The molecule has 2 aromatic carbocycles. The first-order chi connectivity index (χ1) is 16.0. The monoisotopic (exact) mass is 443 g/mol. The van der Waals surface area contributed by atoms with E-state index in [-0.39, 0.29) is 0 Å². The summed E-state index contributed by atoms with van der Waals surface area (Å²) in [5, 5.41) is 5.24. The Hall–Kier alpha value is -3.64. The molecule has 1 aliphatic heterocycles. The maximum atomic E-state index is 12.8. The van der Waals surface area contributed by atoms with Gasteiger partial charge in [-0.15, -0.1) is 0 Å². The topological polar surface area (TPSA) is 75.9 Å². The van der Waals surface area contributed by atoms with E-state index in [0.29, 0.717) is 12.1 Å². The van der Waals surface area contributed by atoms with E-state index in [2.05, 4.69) is 41.8 Å². The Bertz CT molecular complexity index is 1370. The molecule has 0 fully saturated rings. The molecule has 2 N–H and O–H groups in total. The lowest BCUT2D eigenvalue weighted by Gasteiger charge is -2.19. The van der Waals surface area contributed by atoms with Crippen molar-refractivity contribution in [3.05, 3.63) is 70.6 Å². The van der Waals surface area contributed by atoms with Gasteiger partial charge in [-0.2, -0.15) is 5.48 Å². The zero-order valence-corrected chi connectivity index (χ0v) is 19.7. The van der Waals surface area contributed by atoms with E-state index in [4.69, 9.17) is 9.25 Å². The molecule has 1 aliphatic carbocycles. The van der Waals surface area contributed by atoms with Crippen molar-refractivity contribution in [2.45, 2.75) is 27.7 Å². The molecule has 2 aromatic rings. The molecule has 6 nitrogen and oxygen atoms in total. The molecule has 2 aliphatic rings. The van der Waals surface area contributed by atoms with Gasteiger partial charge >= 0.3 is 5.97 Å². The van der Waals surface area contributed by atoms with Gasteiger partial charge in [0.2, 0.25) is 0 Å². The van der Waals surface area contributed by atoms with Crippen molar-refractivity contribution in [3.63, 3.8) is 0 Å². The first kappa shape index (κ1) is 22.6. The summed E-state index contributed by atoms with van der Waals surface area (Å²) < 4.78 is 6.41. The second kappa shape index (κ2) is 9.46. The summed E-state index contributed by atoms with van der Waals surface area (Å²) >= 11 is 0. The summed E-state index contributed by atoms with van der Waals surface area (Å²) in [6, 6.07) is 15.7. The van der Waals surface area contributed by atoms with Crippen LogP contribution in [0.25, 0.3) is 33.4 Å². The largest absolute Gasteiger partial charge is 0.456 e. The Kier molecular flexibility index (Phi) is 6.47. The summed E-state index contributed by atoms with van der Waals surface area (Å²) in [4.78, 5) is 22.5. The van der Waals surface area contributed by atoms with Gasteiger partial charge in [0.1, 0.15) is 11.3 Å². The van der Waals surface area contributed by atoms with E-state index >= 15 is 0 Å². The van der Waals surface area contributed by atoms with Gasteiger partial charge in [-0.05, 0) is 62.6 Å². The lowest BCUT2D eigenvalue weighted by atomic mass is 9.89. The molecule has 0 radical (unpaired) electrons. The van der Waals surface area contributed by atoms with Crippen molar-refractivity contribution < 1.29 is 14.0 Å². The summed E-state index contributed by atoms with van der Waals surface area (Å²) in [5.74, 6) is 0.281. The molecule has 0 unspecified atom stereocenters. The van der Waals surface area contributed by atoms with E-state index in [9.17, 15) is 4.79 Å². The minimum absolute atomic E-state index is 0.439. The Morgan fingerprint density at radius 1 is 1.03 bits per heavy atom. The van der Waals surface area contributed by atoms with Crippen molar-refractivity contribution >= 4 is 22.6 Å². The van der Waals surface area contributed by atoms with E-state index in [1.54, 1.807) is 13.1 Å². The molecule has 0 spiro atoms. The predicted molar refractivity (Wildman–Crippen MR) is 132 cm³/mol. The van der Waals surface area contributed by atoms with Gasteiger partial charge in [0.25, 0.3) is 0 Å². The lowest BCUT2D eigenvalue weighted by molar-refractivity contribution is 0.0311. The third-order valence-corrected chi connectivity index (χ3v) is 5.69. The van der Waals surface area contributed by atoms with Gasteiger partial charge in [-0.25, -0.2) is 4.79 Å². The van der Waals surface area contributed by atoms with Gasteiger partial charge in [-0.1, -0.05) is 18.2 Å². The number of hydrogen-bond donors (Lipinski definition) is 2. The average molecular weight is 444 g/mol. The molecule has 0 amide bonds. The van der Waals surface area contributed by atoms with Crippen LogP contribution in [0.2, 0.25) is 0 Å². The molecule has 0 atom stereocenters. The van der Waals surface area contributed by atoms with Gasteiger partial charge in [-0.3, -0.25) is 4.99 Å². The Morgan fingerprint density at radius 2 is 1.82 bits per heavy atom. The van der Waals surface area contributed by atoms with Gasteiger partial charge < -0.3 is 14.6 Å². The third-order valence-electron chi connectivity index (χ3n) is 5.69. The van der Waals surface area contributed by atoms with Gasteiger partial charge in [0.15, 0.2) is 0 Å². The fraction of sp³-hybridized carbons (Fsp3) is 0.259. The molecule has 33 heavy (non-hydrogen) atoms. The zero-order chi connectivity index (χ0) is 23.5. The number of benzene rings is 3. The summed E-state index contributed by atoms with van der Waals surface area (Å²) in [6.45, 7) is 9.70. The minimum atomic E-state index is -0.439. The molecular weight excluding hydrogens is 414 g/mol. The average Bonchev–Trinajstić information content (AvgIpc) is 2.80. The summed E-state index contributed by atoms with van der Waals surface area (Å²) in [7, 11) is 1.57. The standard InChI is InChI=1S/C27H29N3O3/c1-6-29-22-14-24-20(12-16(22)3)26(18-10-8-9-11-19(18)27(31)33-28-5)21-13-17(4)23(30-7-2)15-25(21)32-24/h8-15,28-29H,6-7H2,1-5H3. The Morgan fingerprint density at radius 3 is 2.55 bits per heavy atom. The van der Waals surface area contributed by atoms with Crippen LogP contribution >= 0.6 is 0 Å². The highest BCUT2D eigenvalue weighted by Gasteiger charge is 2.23. The van der Waals surface area contributed by atoms with Crippen LogP contribution in [0.15, 0.2) is 57.9 Å². The van der Waals surface area contributed by atoms with Crippen LogP contribution in [0.1, 0.15) is 35.3 Å². The van der Waals surface area contributed by atoms with Crippen LogP contribution < -0.4 is 16.2 Å². The number of nitrogens with zero attached hydrogens (tertiary/aromatic N) is 1. The van der Waals surface area contributed by atoms with Crippen LogP contribution in [-0.4, -0.2) is 26.1 Å². The quantitative estimate of drug-likeness (QED) is 0.305. The second-order valence-electron chi connectivity index (χ2n) is 7.92. The third kappa shape index (κ3) is 4.22. The van der Waals surface area contributed by atoms with Crippen molar-refractivity contribution in [3.8, 4) is 22.5 Å². The van der Waals surface area contributed by atoms with Gasteiger partial charge in [0.05, 0.1) is 10.9 Å². The summed E-state index contributed by atoms with van der Waals surface area (Å²) in [5.41, 5.74) is 9.54. The van der Waals surface area contributed by atoms with Crippen LogP contribution in [-0.2, 0) is 4.84 Å². The SMILES string of the molecule is CCN=c1cc2oc3cc(NCC)c(C)cc3c(-c3ccccc3C(=O)ONC)c-2cc1C. The van der Waals surface area contributed by atoms with Gasteiger partial charge in [0, 0.05) is 54.5 Å². The number of fused-ring (bicyclic) bond motifs is 2. The van der Waals surface area contributed by atoms with Crippen molar-refractivity contribution in [2.24, 2.45) is 4.99 Å². The lowest BCUT2D eigenvalue weighted by Crippen LogP contribution is -2.16. The first-order valence-electron chi connectivity index (χ1n) is 11.2. The number of nitrogens with one attached hydrogen (secondary N) is 2. The zero-order valence-electron chi connectivity index (χ0n) is 19.7. The smallest absolute Gasteiger partial charge is 0.357 e. The number of aryl methyl sites for hydroxylation is 2. The van der Waals surface area contributed by atoms with Crippen molar-refractivity contribution in [1.82, 2.24) is 5.48 Å². The molecule has 0 aromatic heterocycles. The first-order valence-corrected chi connectivity index (χ1v) is 11.2. The molecule has 170 valence electrons. The predicted octanol–water partition coefficient (Wildman–Crippen LogP) is 5.47. The van der Waals surface area contributed by atoms with Crippen LogP contribution in [0.3, 0.4) is 0 Å². The van der Waals surface area contributed by atoms with Crippen LogP contribution in [0, 0.1) is 13.8 Å². The number of carbonyl (C=O) groups excluding carboxylic acids is 1. The van der Waals surface area contributed by atoms with Crippen LogP contribution in [0.5, 0.6) is 0 Å². The molecule has 0 bridgehead atoms. The van der Waals surface area contributed by atoms with E-state index < -0.39 is 5.97 Å². The minimum Gasteiger partial charge on any atom is -0.456 e. The second-order valence-corrected chi connectivity index (χ2v) is 7.92. The number of rotatable bonds is 6. The normalized spacial score (nSPS) is 11.8. The highest BCUT2D eigenvalue weighted by molar-refractivity contribution is 6.08. The number of anilines is 1. The van der Waals surface area contributed by atoms with E-state index in [1.807, 2.05) is 44.2 Å². The van der Waals surface area contributed by atoms with Crippen molar-refractivity contribution in [1.29, 1.82) is 0 Å².